The normalized spacial score (nSPS) is 10.9. The summed E-state index contributed by atoms with van der Waals surface area (Å²) in [5.41, 5.74) is 9.94. The minimum atomic E-state index is 0.564. The van der Waals surface area contributed by atoms with Crippen LogP contribution in [0.4, 0.5) is 0 Å². The molecule has 4 rings (SSSR count). The van der Waals surface area contributed by atoms with Crippen LogP contribution in [-0.2, 0) is 22.7 Å². The van der Waals surface area contributed by atoms with Gasteiger partial charge in [0, 0.05) is 0 Å². The minimum absolute atomic E-state index is 0.564. The number of hydrogen-bond donors (Lipinski definition) is 0. The summed E-state index contributed by atoms with van der Waals surface area (Å²) in [4.78, 5) is 0. The Morgan fingerprint density at radius 3 is 1.19 bits per heavy atom. The van der Waals surface area contributed by atoms with Crippen molar-refractivity contribution in [2.24, 2.45) is 0 Å². The van der Waals surface area contributed by atoms with Crippen LogP contribution in [-0.4, -0.2) is 13.2 Å². The van der Waals surface area contributed by atoms with Crippen LogP contribution in [0.5, 0.6) is 0 Å². The Bertz CT molecular complexity index is 1070. The molecule has 32 heavy (non-hydrogen) atoms. The molecule has 0 N–H and O–H groups in total. The van der Waals surface area contributed by atoms with E-state index in [0.717, 1.165) is 0 Å². The van der Waals surface area contributed by atoms with Gasteiger partial charge in [-0.05, 0) is 58.4 Å². The molecular formula is C30H30O2. The molecule has 0 heterocycles. The molecule has 0 aliphatic carbocycles. The Kier molecular flexibility index (Phi) is 7.50. The molecule has 0 spiro atoms. The number of benzene rings is 4. The molecule has 162 valence electrons. The van der Waals surface area contributed by atoms with Crippen LogP contribution < -0.4 is 0 Å². The number of rotatable bonds is 9. The summed E-state index contributed by atoms with van der Waals surface area (Å²) in [6.45, 7) is 6.58. The third-order valence-electron chi connectivity index (χ3n) is 5.79. The van der Waals surface area contributed by atoms with Gasteiger partial charge < -0.3 is 9.47 Å². The Hall–Kier alpha value is -3.20. The van der Waals surface area contributed by atoms with Gasteiger partial charge in [-0.3, -0.25) is 0 Å². The maximum absolute atomic E-state index is 5.97. The van der Waals surface area contributed by atoms with Gasteiger partial charge in [0.2, 0.25) is 0 Å². The molecule has 0 unspecified atom stereocenters. The van der Waals surface area contributed by atoms with E-state index in [1.807, 2.05) is 0 Å². The van der Waals surface area contributed by atoms with Gasteiger partial charge in [-0.2, -0.15) is 0 Å². The van der Waals surface area contributed by atoms with Crippen molar-refractivity contribution >= 4 is 0 Å². The van der Waals surface area contributed by atoms with E-state index in [4.69, 9.17) is 9.47 Å². The van der Waals surface area contributed by atoms with Gasteiger partial charge in [-0.25, -0.2) is 0 Å². The lowest BCUT2D eigenvalue weighted by Gasteiger charge is -2.14. The zero-order valence-corrected chi connectivity index (χ0v) is 18.9. The second kappa shape index (κ2) is 10.9. The van der Waals surface area contributed by atoms with Crippen molar-refractivity contribution in [3.8, 4) is 22.3 Å². The lowest BCUT2D eigenvalue weighted by atomic mass is 9.96. The number of aryl methyl sites for hydroxylation is 2. The van der Waals surface area contributed by atoms with Crippen LogP contribution in [0, 0.1) is 13.8 Å². The van der Waals surface area contributed by atoms with Gasteiger partial charge in [0.15, 0.2) is 0 Å². The van der Waals surface area contributed by atoms with Crippen LogP contribution in [0.15, 0.2) is 97.1 Å². The molecule has 0 aliphatic rings. The Morgan fingerprint density at radius 1 is 0.438 bits per heavy atom. The van der Waals surface area contributed by atoms with Gasteiger partial charge >= 0.3 is 0 Å². The quantitative estimate of drug-likeness (QED) is 0.262. The fraction of sp³-hybridized carbons (Fsp3) is 0.200. The Morgan fingerprint density at radius 2 is 0.781 bits per heavy atom. The zero-order chi connectivity index (χ0) is 22.2. The first-order valence-corrected chi connectivity index (χ1v) is 11.2. The van der Waals surface area contributed by atoms with Gasteiger partial charge in [0.1, 0.15) is 0 Å². The van der Waals surface area contributed by atoms with Crippen LogP contribution in [0.25, 0.3) is 22.3 Å². The van der Waals surface area contributed by atoms with E-state index in [9.17, 15) is 0 Å². The van der Waals surface area contributed by atoms with Crippen molar-refractivity contribution < 1.29 is 9.47 Å². The van der Waals surface area contributed by atoms with Crippen LogP contribution in [0.1, 0.15) is 22.3 Å². The molecule has 0 radical (unpaired) electrons. The van der Waals surface area contributed by atoms with Gasteiger partial charge in [0.05, 0.1) is 26.4 Å². The monoisotopic (exact) mass is 422 g/mol. The molecule has 0 atom stereocenters. The van der Waals surface area contributed by atoms with E-state index >= 15 is 0 Å². The summed E-state index contributed by atoms with van der Waals surface area (Å²) in [7, 11) is 0. The average Bonchev–Trinajstić information content (AvgIpc) is 2.83. The van der Waals surface area contributed by atoms with Crippen molar-refractivity contribution in [2.75, 3.05) is 13.2 Å². The molecule has 0 aromatic heterocycles. The van der Waals surface area contributed by atoms with E-state index in [1.54, 1.807) is 0 Å². The Labute approximate surface area is 191 Å². The second-order valence-electron chi connectivity index (χ2n) is 8.05. The fourth-order valence-corrected chi connectivity index (χ4v) is 4.05. The smallest absolute Gasteiger partial charge is 0.0724 e. The van der Waals surface area contributed by atoms with E-state index in [0.29, 0.717) is 26.4 Å². The summed E-state index contributed by atoms with van der Waals surface area (Å²) in [5.74, 6) is 0. The maximum atomic E-state index is 5.97. The molecule has 0 saturated heterocycles. The second-order valence-corrected chi connectivity index (χ2v) is 8.05. The topological polar surface area (TPSA) is 18.5 Å². The highest BCUT2D eigenvalue weighted by Crippen LogP contribution is 2.28. The highest BCUT2D eigenvalue weighted by Gasteiger charge is 2.08. The summed E-state index contributed by atoms with van der Waals surface area (Å²) in [6.07, 6.45) is 0. The zero-order valence-electron chi connectivity index (χ0n) is 18.9. The predicted molar refractivity (Wildman–Crippen MR) is 133 cm³/mol. The summed E-state index contributed by atoms with van der Waals surface area (Å²) in [6, 6.07) is 33.9. The van der Waals surface area contributed by atoms with Gasteiger partial charge in [0.25, 0.3) is 0 Å². The Balaban J connectivity index is 1.31. The molecule has 0 bridgehead atoms. The predicted octanol–water partition coefficient (Wildman–Crippen LogP) is 7.37. The summed E-state index contributed by atoms with van der Waals surface area (Å²) >= 11 is 0. The fourth-order valence-electron chi connectivity index (χ4n) is 4.05. The van der Waals surface area contributed by atoms with E-state index < -0.39 is 0 Å². The standard InChI is InChI=1S/C30H30O2/c1-23-11-3-7-15-27(23)29-17-9-5-13-25(29)21-31-19-20-32-22-26-14-6-10-18-30(26)28-16-8-4-12-24(28)2/h3-18H,19-22H2,1-2H3. The van der Waals surface area contributed by atoms with Crippen molar-refractivity contribution in [3.63, 3.8) is 0 Å². The molecule has 2 nitrogen and oxygen atoms in total. The van der Waals surface area contributed by atoms with Crippen molar-refractivity contribution in [1.82, 2.24) is 0 Å². The lowest BCUT2D eigenvalue weighted by Crippen LogP contribution is -2.06. The van der Waals surface area contributed by atoms with Crippen LogP contribution in [0.2, 0.25) is 0 Å². The van der Waals surface area contributed by atoms with Crippen molar-refractivity contribution in [1.29, 1.82) is 0 Å². The molecule has 4 aromatic carbocycles. The highest BCUT2D eigenvalue weighted by molar-refractivity contribution is 5.71. The van der Waals surface area contributed by atoms with E-state index in [2.05, 4.69) is 111 Å². The first-order chi connectivity index (χ1) is 15.7. The van der Waals surface area contributed by atoms with E-state index in [1.165, 1.54) is 44.5 Å². The molecule has 0 fully saturated rings. The van der Waals surface area contributed by atoms with Crippen molar-refractivity contribution in [3.05, 3.63) is 119 Å². The molecule has 0 aliphatic heterocycles. The van der Waals surface area contributed by atoms with Gasteiger partial charge in [-0.1, -0.05) is 97.1 Å². The SMILES string of the molecule is Cc1ccccc1-c1ccccc1COCCOCc1ccccc1-c1ccccc1C. The van der Waals surface area contributed by atoms with Crippen LogP contribution >= 0.6 is 0 Å². The largest absolute Gasteiger partial charge is 0.374 e. The third-order valence-corrected chi connectivity index (χ3v) is 5.79. The average molecular weight is 423 g/mol. The summed E-state index contributed by atoms with van der Waals surface area (Å²) < 4.78 is 11.9. The molecule has 4 aromatic rings. The third kappa shape index (κ3) is 5.34. The highest BCUT2D eigenvalue weighted by atomic mass is 16.5. The number of ether oxygens (including phenoxy) is 2. The van der Waals surface area contributed by atoms with Crippen molar-refractivity contribution in [2.45, 2.75) is 27.1 Å². The van der Waals surface area contributed by atoms with Crippen LogP contribution in [0.3, 0.4) is 0 Å². The molecule has 2 heteroatoms. The van der Waals surface area contributed by atoms with Gasteiger partial charge in [-0.15, -0.1) is 0 Å². The molecule has 0 saturated carbocycles. The molecular weight excluding hydrogens is 392 g/mol. The maximum Gasteiger partial charge on any atom is 0.0724 e. The van der Waals surface area contributed by atoms with E-state index in [-0.39, 0.29) is 0 Å². The molecule has 0 amide bonds. The lowest BCUT2D eigenvalue weighted by molar-refractivity contribution is 0.0341. The number of hydrogen-bond acceptors (Lipinski definition) is 2. The summed E-state index contributed by atoms with van der Waals surface area (Å²) in [5, 5.41) is 0. The minimum Gasteiger partial charge on any atom is -0.374 e. The first kappa shape index (κ1) is 22.0. The first-order valence-electron chi connectivity index (χ1n) is 11.2.